The number of aryl methyl sites for hydroxylation is 6. The Morgan fingerprint density at radius 2 is 0.812 bits per heavy atom. The van der Waals surface area contributed by atoms with E-state index in [-0.39, 0.29) is 0 Å². The predicted octanol–water partition coefficient (Wildman–Crippen LogP) is 8.50. The molecular weight excluding hydrogens is 388 g/mol. The minimum absolute atomic E-state index is 1.06. The molecule has 0 atom stereocenters. The van der Waals surface area contributed by atoms with Crippen molar-refractivity contribution in [3.8, 4) is 0 Å². The molecule has 0 aliphatic heterocycles. The van der Waals surface area contributed by atoms with Crippen LogP contribution in [0.15, 0.2) is 12.1 Å². The Bertz CT molecular complexity index is 964. The van der Waals surface area contributed by atoms with Crippen LogP contribution in [0.1, 0.15) is 114 Å². The molecule has 0 saturated heterocycles. The lowest BCUT2D eigenvalue weighted by Gasteiger charge is -2.20. The number of rotatable bonds is 12. The minimum Gasteiger partial charge on any atom is -0.250 e. The molecule has 0 aliphatic carbocycles. The van der Waals surface area contributed by atoms with E-state index in [0.29, 0.717) is 0 Å². The summed E-state index contributed by atoms with van der Waals surface area (Å²) in [6.45, 7) is 13.7. The Kier molecular flexibility index (Phi) is 9.08. The van der Waals surface area contributed by atoms with Gasteiger partial charge in [0.2, 0.25) is 0 Å². The van der Waals surface area contributed by atoms with Crippen molar-refractivity contribution in [1.29, 1.82) is 0 Å². The summed E-state index contributed by atoms with van der Waals surface area (Å²) in [5.41, 5.74) is 10.9. The van der Waals surface area contributed by atoms with Gasteiger partial charge in [0.25, 0.3) is 0 Å². The summed E-state index contributed by atoms with van der Waals surface area (Å²) in [6.07, 6.45) is 13.6. The van der Waals surface area contributed by atoms with Gasteiger partial charge in [-0.2, -0.15) is 0 Å². The highest BCUT2D eigenvalue weighted by molar-refractivity contribution is 6.07. The topological polar surface area (TPSA) is 25.8 Å². The van der Waals surface area contributed by atoms with Gasteiger partial charge in [0.15, 0.2) is 0 Å². The van der Waals surface area contributed by atoms with Gasteiger partial charge < -0.3 is 0 Å². The summed E-state index contributed by atoms with van der Waals surface area (Å²) >= 11 is 0. The molecule has 2 nitrogen and oxygen atoms in total. The van der Waals surface area contributed by atoms with Crippen LogP contribution in [0, 0.1) is 0 Å². The maximum atomic E-state index is 5.37. The predicted molar refractivity (Wildman–Crippen MR) is 141 cm³/mol. The fourth-order valence-corrected chi connectivity index (χ4v) is 5.28. The first-order chi connectivity index (χ1) is 15.6. The first-order valence-electron chi connectivity index (χ1n) is 13.4. The SMILES string of the molecule is CCCc1cc2c(CCC)c(CCC)c3cc(CCC)c(CCC)nc3c2nc1CCC. The molecule has 174 valence electrons. The number of benzene rings is 1. The summed E-state index contributed by atoms with van der Waals surface area (Å²) in [4.78, 5) is 10.7. The van der Waals surface area contributed by atoms with E-state index >= 15 is 0 Å². The quantitative estimate of drug-likeness (QED) is 0.268. The number of fused-ring (bicyclic) bond motifs is 3. The Balaban J connectivity index is 2.48. The molecule has 0 bridgehead atoms. The summed E-state index contributed by atoms with van der Waals surface area (Å²) in [5, 5.41) is 2.76. The molecule has 0 N–H and O–H groups in total. The average Bonchev–Trinajstić information content (AvgIpc) is 2.78. The van der Waals surface area contributed by atoms with Crippen LogP contribution in [-0.2, 0) is 38.5 Å². The molecule has 0 unspecified atom stereocenters. The number of hydrogen-bond donors (Lipinski definition) is 0. The summed E-state index contributed by atoms with van der Waals surface area (Å²) in [5.74, 6) is 0. The van der Waals surface area contributed by atoms with E-state index in [2.05, 4.69) is 53.7 Å². The van der Waals surface area contributed by atoms with Gasteiger partial charge in [-0.25, -0.2) is 0 Å². The molecule has 1 aromatic carbocycles. The molecule has 0 spiro atoms. The second kappa shape index (κ2) is 11.8. The maximum absolute atomic E-state index is 5.37. The normalized spacial score (nSPS) is 11.7. The van der Waals surface area contributed by atoms with Crippen LogP contribution in [0.25, 0.3) is 21.8 Å². The number of pyridine rings is 2. The molecule has 2 aromatic heterocycles. The highest BCUT2D eigenvalue weighted by Gasteiger charge is 2.19. The molecule has 0 amide bonds. The summed E-state index contributed by atoms with van der Waals surface area (Å²) in [6, 6.07) is 5.00. The average molecular weight is 433 g/mol. The highest BCUT2D eigenvalue weighted by atomic mass is 14.8. The van der Waals surface area contributed by atoms with E-state index in [9.17, 15) is 0 Å². The molecule has 3 rings (SSSR count). The van der Waals surface area contributed by atoms with Crippen LogP contribution in [0.2, 0.25) is 0 Å². The lowest BCUT2D eigenvalue weighted by Crippen LogP contribution is -2.07. The van der Waals surface area contributed by atoms with E-state index in [0.717, 1.165) is 62.4 Å². The fourth-order valence-electron chi connectivity index (χ4n) is 5.28. The Labute approximate surface area is 196 Å². The second-order valence-corrected chi connectivity index (χ2v) is 9.44. The van der Waals surface area contributed by atoms with E-state index in [4.69, 9.17) is 9.97 Å². The van der Waals surface area contributed by atoms with Crippen LogP contribution in [0.5, 0.6) is 0 Å². The van der Waals surface area contributed by atoms with Crippen LogP contribution >= 0.6 is 0 Å². The van der Waals surface area contributed by atoms with Gasteiger partial charge in [0.05, 0.1) is 11.0 Å². The molecule has 2 heteroatoms. The zero-order valence-corrected chi connectivity index (χ0v) is 21.5. The summed E-state index contributed by atoms with van der Waals surface area (Å²) < 4.78 is 0. The smallest absolute Gasteiger partial charge is 0.0971 e. The van der Waals surface area contributed by atoms with Crippen molar-refractivity contribution in [2.75, 3.05) is 0 Å². The fraction of sp³-hybridized carbons (Fsp3) is 0.600. The van der Waals surface area contributed by atoms with E-state index < -0.39 is 0 Å². The Hall–Kier alpha value is -1.96. The summed E-state index contributed by atoms with van der Waals surface area (Å²) in [7, 11) is 0. The van der Waals surface area contributed by atoms with Crippen LogP contribution < -0.4 is 0 Å². The minimum atomic E-state index is 1.06. The first kappa shape index (κ1) is 24.7. The highest BCUT2D eigenvalue weighted by Crippen LogP contribution is 2.36. The standard InChI is InChI=1S/C30H44N2/c1-7-13-21-19-25-23(15-9-3)24(16-10-4)26-20-22(14-8-2)28(18-12-6)32-30(26)29(25)31-27(21)17-11-5/h19-20H,7-18H2,1-6H3. The van der Waals surface area contributed by atoms with Crippen molar-refractivity contribution in [3.05, 3.63) is 45.8 Å². The molecule has 2 heterocycles. The monoisotopic (exact) mass is 432 g/mol. The lowest BCUT2D eigenvalue weighted by atomic mass is 9.88. The van der Waals surface area contributed by atoms with Crippen molar-refractivity contribution in [2.24, 2.45) is 0 Å². The Morgan fingerprint density at radius 3 is 1.12 bits per heavy atom. The second-order valence-electron chi connectivity index (χ2n) is 9.44. The van der Waals surface area contributed by atoms with Crippen LogP contribution in [0.3, 0.4) is 0 Å². The van der Waals surface area contributed by atoms with Gasteiger partial charge in [-0.15, -0.1) is 0 Å². The third-order valence-electron chi connectivity index (χ3n) is 6.63. The zero-order chi connectivity index (χ0) is 23.1. The molecular formula is C30H44N2. The van der Waals surface area contributed by atoms with Gasteiger partial charge in [0.1, 0.15) is 0 Å². The largest absolute Gasteiger partial charge is 0.250 e. The molecule has 3 aromatic rings. The van der Waals surface area contributed by atoms with Crippen molar-refractivity contribution in [1.82, 2.24) is 9.97 Å². The lowest BCUT2D eigenvalue weighted by molar-refractivity contribution is 0.828. The number of aromatic nitrogens is 2. The van der Waals surface area contributed by atoms with Gasteiger partial charge in [-0.3, -0.25) is 9.97 Å². The van der Waals surface area contributed by atoms with E-state index in [1.165, 1.54) is 70.1 Å². The van der Waals surface area contributed by atoms with Gasteiger partial charge in [0, 0.05) is 22.2 Å². The van der Waals surface area contributed by atoms with Crippen LogP contribution in [0.4, 0.5) is 0 Å². The number of hydrogen-bond acceptors (Lipinski definition) is 2. The van der Waals surface area contributed by atoms with Gasteiger partial charge in [-0.05, 0) is 72.9 Å². The third kappa shape index (κ3) is 5.00. The number of nitrogens with zero attached hydrogens (tertiary/aromatic N) is 2. The Morgan fingerprint density at radius 1 is 0.469 bits per heavy atom. The molecule has 32 heavy (non-hydrogen) atoms. The van der Waals surface area contributed by atoms with Gasteiger partial charge in [-0.1, -0.05) is 80.1 Å². The maximum Gasteiger partial charge on any atom is 0.0971 e. The molecule has 0 saturated carbocycles. The molecule has 0 radical (unpaired) electrons. The van der Waals surface area contributed by atoms with E-state index in [1.807, 2.05) is 0 Å². The van der Waals surface area contributed by atoms with E-state index in [1.54, 1.807) is 0 Å². The van der Waals surface area contributed by atoms with Crippen molar-refractivity contribution in [2.45, 2.75) is 119 Å². The first-order valence-corrected chi connectivity index (χ1v) is 13.4. The van der Waals surface area contributed by atoms with Gasteiger partial charge >= 0.3 is 0 Å². The van der Waals surface area contributed by atoms with Crippen molar-refractivity contribution < 1.29 is 0 Å². The van der Waals surface area contributed by atoms with Crippen LogP contribution in [-0.4, -0.2) is 9.97 Å². The zero-order valence-electron chi connectivity index (χ0n) is 21.5. The molecule has 0 fully saturated rings. The van der Waals surface area contributed by atoms with Crippen molar-refractivity contribution in [3.63, 3.8) is 0 Å². The third-order valence-corrected chi connectivity index (χ3v) is 6.63. The molecule has 0 aliphatic rings. The van der Waals surface area contributed by atoms with Crippen molar-refractivity contribution >= 4 is 21.8 Å².